The van der Waals surface area contributed by atoms with Crippen molar-refractivity contribution in [3.05, 3.63) is 42.6 Å². The molecule has 5 N–H and O–H groups in total. The molecule has 9 nitrogen and oxygen atoms in total. The van der Waals surface area contributed by atoms with Gasteiger partial charge in [-0.25, -0.2) is 9.55 Å². The van der Waals surface area contributed by atoms with Crippen molar-refractivity contribution >= 4 is 19.3 Å². The lowest BCUT2D eigenvalue weighted by Crippen LogP contribution is -1.70. The standard InChI is InChI=1S/C11H9N3O2.H3O4P/c15-8-4-5-9(10(16)7-8)13-14-11-3-1-2-6-12-11;1-5(2,3)4/h1-7,15-16H;(H3,1,2,3,4). The third kappa shape index (κ3) is 7.75. The Balaban J connectivity index is 0.000000383. The second-order valence-electron chi connectivity index (χ2n) is 3.57. The van der Waals surface area contributed by atoms with E-state index in [4.69, 9.17) is 24.4 Å². The van der Waals surface area contributed by atoms with Crippen LogP contribution >= 0.6 is 7.82 Å². The molecule has 0 aliphatic rings. The number of phenols is 2. The minimum atomic E-state index is -4.64. The molecule has 1 aromatic carbocycles. The van der Waals surface area contributed by atoms with Crippen LogP contribution in [0.1, 0.15) is 0 Å². The first kappa shape index (κ1) is 16.7. The van der Waals surface area contributed by atoms with Crippen LogP contribution in [0.2, 0.25) is 0 Å². The molecule has 21 heavy (non-hydrogen) atoms. The van der Waals surface area contributed by atoms with E-state index in [9.17, 15) is 5.11 Å². The first-order valence-corrected chi connectivity index (χ1v) is 6.95. The van der Waals surface area contributed by atoms with Crippen LogP contribution in [0.3, 0.4) is 0 Å². The van der Waals surface area contributed by atoms with Crippen molar-refractivity contribution in [2.24, 2.45) is 10.2 Å². The number of phosphoric acid groups is 1. The molecule has 1 aromatic heterocycles. The molecule has 112 valence electrons. The van der Waals surface area contributed by atoms with Crippen LogP contribution in [-0.2, 0) is 4.57 Å². The van der Waals surface area contributed by atoms with Crippen LogP contribution < -0.4 is 0 Å². The average Bonchev–Trinajstić information content (AvgIpc) is 2.37. The highest BCUT2D eigenvalue weighted by molar-refractivity contribution is 7.45. The zero-order chi connectivity index (χ0) is 15.9. The van der Waals surface area contributed by atoms with Gasteiger partial charge in [0.25, 0.3) is 0 Å². The maximum absolute atomic E-state index is 9.44. The number of azo groups is 1. The van der Waals surface area contributed by atoms with Gasteiger partial charge in [-0.3, -0.25) is 0 Å². The van der Waals surface area contributed by atoms with Crippen LogP contribution in [-0.4, -0.2) is 29.9 Å². The molecule has 0 saturated heterocycles. The van der Waals surface area contributed by atoms with Crippen molar-refractivity contribution in [2.75, 3.05) is 0 Å². The fraction of sp³-hybridized carbons (Fsp3) is 0. The van der Waals surface area contributed by atoms with Gasteiger partial charge in [0.05, 0.1) is 0 Å². The Morgan fingerprint density at radius 3 is 2.19 bits per heavy atom. The molecule has 1 heterocycles. The largest absolute Gasteiger partial charge is 0.508 e. The summed E-state index contributed by atoms with van der Waals surface area (Å²) >= 11 is 0. The second-order valence-corrected chi connectivity index (χ2v) is 4.60. The summed E-state index contributed by atoms with van der Waals surface area (Å²) in [6, 6.07) is 9.35. The summed E-state index contributed by atoms with van der Waals surface area (Å²) in [4.78, 5) is 25.5. The molecule has 10 heteroatoms. The van der Waals surface area contributed by atoms with Gasteiger partial charge in [0, 0.05) is 12.3 Å². The highest BCUT2D eigenvalue weighted by atomic mass is 31.2. The van der Waals surface area contributed by atoms with Crippen molar-refractivity contribution in [2.45, 2.75) is 0 Å². The summed E-state index contributed by atoms with van der Waals surface area (Å²) in [5, 5.41) is 26.2. The molecule has 0 atom stereocenters. The van der Waals surface area contributed by atoms with E-state index in [-0.39, 0.29) is 17.2 Å². The number of nitrogens with zero attached hydrogens (tertiary/aromatic N) is 3. The minimum absolute atomic E-state index is 0.0192. The number of benzene rings is 1. The van der Waals surface area contributed by atoms with Crippen LogP contribution in [0.4, 0.5) is 11.5 Å². The summed E-state index contributed by atoms with van der Waals surface area (Å²) < 4.78 is 8.88. The summed E-state index contributed by atoms with van der Waals surface area (Å²) in [6.45, 7) is 0. The topological polar surface area (TPSA) is 156 Å². The SMILES string of the molecule is O=P(O)(O)O.Oc1ccc(N=Nc2ccccn2)c(O)c1. The Morgan fingerprint density at radius 1 is 1.00 bits per heavy atom. The van der Waals surface area contributed by atoms with Gasteiger partial charge in [-0.1, -0.05) is 6.07 Å². The maximum atomic E-state index is 9.44. The molecule has 2 aromatic rings. The molecule has 0 unspecified atom stereocenters. The Kier molecular flexibility index (Phi) is 5.94. The first-order valence-electron chi connectivity index (χ1n) is 5.39. The van der Waals surface area contributed by atoms with Crippen LogP contribution in [0.25, 0.3) is 0 Å². The van der Waals surface area contributed by atoms with E-state index in [0.717, 1.165) is 0 Å². The molecule has 2 rings (SSSR count). The third-order valence-corrected chi connectivity index (χ3v) is 1.87. The van der Waals surface area contributed by atoms with Crippen molar-refractivity contribution in [1.82, 2.24) is 4.98 Å². The van der Waals surface area contributed by atoms with E-state index in [0.29, 0.717) is 5.82 Å². The molecule has 0 aliphatic heterocycles. The molecule has 0 saturated carbocycles. The summed E-state index contributed by atoms with van der Waals surface area (Å²) in [5.41, 5.74) is 0.281. The zero-order valence-electron chi connectivity index (χ0n) is 10.5. The van der Waals surface area contributed by atoms with Crippen molar-refractivity contribution < 1.29 is 29.5 Å². The lowest BCUT2D eigenvalue weighted by atomic mass is 10.3. The van der Waals surface area contributed by atoms with Gasteiger partial charge in [0.2, 0.25) is 0 Å². The molecular formula is C11H12N3O6P. The fourth-order valence-corrected chi connectivity index (χ4v) is 1.11. The molecule has 0 spiro atoms. The zero-order valence-corrected chi connectivity index (χ0v) is 11.4. The number of aromatic nitrogens is 1. The molecule has 0 amide bonds. The third-order valence-electron chi connectivity index (χ3n) is 1.87. The highest BCUT2D eigenvalue weighted by Gasteiger charge is 2.00. The molecule has 0 radical (unpaired) electrons. The normalized spacial score (nSPS) is 11.0. The highest BCUT2D eigenvalue weighted by Crippen LogP contribution is 2.30. The summed E-state index contributed by atoms with van der Waals surface area (Å²) in [5.74, 6) is 0.309. The van der Waals surface area contributed by atoms with E-state index < -0.39 is 7.82 Å². The van der Waals surface area contributed by atoms with Gasteiger partial charge < -0.3 is 24.9 Å². The predicted molar refractivity (Wildman–Crippen MR) is 72.4 cm³/mol. The van der Waals surface area contributed by atoms with Gasteiger partial charge >= 0.3 is 7.82 Å². The van der Waals surface area contributed by atoms with Crippen LogP contribution in [0.15, 0.2) is 52.8 Å². The van der Waals surface area contributed by atoms with Gasteiger partial charge in [0.1, 0.15) is 17.2 Å². The number of hydrogen-bond acceptors (Lipinski definition) is 6. The molecule has 0 fully saturated rings. The average molecular weight is 313 g/mol. The number of hydrogen-bond donors (Lipinski definition) is 5. The van der Waals surface area contributed by atoms with E-state index in [2.05, 4.69) is 15.2 Å². The minimum Gasteiger partial charge on any atom is -0.508 e. The predicted octanol–water partition coefficient (Wildman–Crippen LogP) is 1.98. The van der Waals surface area contributed by atoms with E-state index >= 15 is 0 Å². The van der Waals surface area contributed by atoms with Crippen LogP contribution in [0.5, 0.6) is 11.5 Å². The number of aromatic hydroxyl groups is 2. The smallest absolute Gasteiger partial charge is 0.466 e. The summed E-state index contributed by atoms with van der Waals surface area (Å²) in [7, 11) is -4.64. The van der Waals surface area contributed by atoms with Gasteiger partial charge in [-0.2, -0.15) is 0 Å². The van der Waals surface area contributed by atoms with Crippen molar-refractivity contribution in [1.29, 1.82) is 0 Å². The Labute approximate surface area is 119 Å². The van der Waals surface area contributed by atoms with Gasteiger partial charge in [0.15, 0.2) is 5.82 Å². The van der Waals surface area contributed by atoms with Crippen molar-refractivity contribution in [3.8, 4) is 11.5 Å². The van der Waals surface area contributed by atoms with Crippen molar-refractivity contribution in [3.63, 3.8) is 0 Å². The molecule has 0 bridgehead atoms. The Morgan fingerprint density at radius 2 is 1.67 bits per heavy atom. The summed E-state index contributed by atoms with van der Waals surface area (Å²) in [6.07, 6.45) is 1.60. The quantitative estimate of drug-likeness (QED) is 0.419. The lowest BCUT2D eigenvalue weighted by molar-refractivity contribution is 0.275. The fourth-order valence-electron chi connectivity index (χ4n) is 1.11. The van der Waals surface area contributed by atoms with E-state index in [1.54, 1.807) is 24.4 Å². The number of rotatable bonds is 2. The van der Waals surface area contributed by atoms with Crippen LogP contribution in [0, 0.1) is 0 Å². The second kappa shape index (κ2) is 7.46. The monoisotopic (exact) mass is 313 g/mol. The maximum Gasteiger partial charge on any atom is 0.466 e. The number of phenolic OH excluding ortho intramolecular Hbond substituents is 2. The van der Waals surface area contributed by atoms with Gasteiger partial charge in [-0.15, -0.1) is 10.2 Å². The van der Waals surface area contributed by atoms with Gasteiger partial charge in [-0.05, 0) is 24.3 Å². The van der Waals surface area contributed by atoms with E-state index in [1.165, 1.54) is 18.2 Å². The molecule has 0 aliphatic carbocycles. The Hall–Kier alpha value is -2.32. The number of pyridine rings is 1. The van der Waals surface area contributed by atoms with E-state index in [1.807, 2.05) is 0 Å². The first-order chi connectivity index (χ1) is 9.75. The lowest BCUT2D eigenvalue weighted by Gasteiger charge is -1.97. The Bertz CT molecular complexity index is 650. The molecular weight excluding hydrogens is 301 g/mol.